The van der Waals surface area contributed by atoms with Gasteiger partial charge in [-0.1, -0.05) is 59.6 Å². The van der Waals surface area contributed by atoms with Crippen LogP contribution in [-0.2, 0) is 14.4 Å². The van der Waals surface area contributed by atoms with Crippen molar-refractivity contribution in [3.05, 3.63) is 70.7 Å². The summed E-state index contributed by atoms with van der Waals surface area (Å²) in [6.45, 7) is 1.55. The van der Waals surface area contributed by atoms with Crippen molar-refractivity contribution in [3.63, 3.8) is 0 Å². The number of halogens is 2. The Morgan fingerprint density at radius 2 is 1.61 bits per heavy atom. The lowest BCUT2D eigenvalue weighted by Gasteiger charge is -2.08. The van der Waals surface area contributed by atoms with Crippen molar-refractivity contribution in [2.45, 2.75) is 13.3 Å². The van der Waals surface area contributed by atoms with E-state index in [9.17, 15) is 14.4 Å². The first-order valence-electron chi connectivity index (χ1n) is 9.20. The number of amides is 3. The van der Waals surface area contributed by atoms with Crippen LogP contribution in [0, 0.1) is 0 Å². The Morgan fingerprint density at radius 3 is 2.39 bits per heavy atom. The van der Waals surface area contributed by atoms with Crippen molar-refractivity contribution in [1.82, 2.24) is 5.43 Å². The number of hydrogen-bond donors (Lipinski definition) is 3. The second-order valence-corrected chi connectivity index (χ2v) is 7.44. The first kappa shape index (κ1) is 22.3. The zero-order valence-corrected chi connectivity index (χ0v) is 17.9. The van der Waals surface area contributed by atoms with Crippen molar-refractivity contribution in [1.29, 1.82) is 0 Å². The summed E-state index contributed by atoms with van der Waals surface area (Å²) in [4.78, 5) is 36.4. The molecule has 0 aliphatic rings. The maximum absolute atomic E-state index is 12.2. The second-order valence-electron chi connectivity index (χ2n) is 6.62. The predicted molar refractivity (Wildman–Crippen MR) is 124 cm³/mol. The van der Waals surface area contributed by atoms with E-state index < -0.39 is 11.8 Å². The number of fused-ring (bicyclic) bond motifs is 1. The van der Waals surface area contributed by atoms with Crippen LogP contribution in [0.15, 0.2) is 65.8 Å². The number of hydrazone groups is 1. The monoisotopic (exact) mass is 456 g/mol. The topological polar surface area (TPSA) is 99.7 Å². The number of hydrogen-bond acceptors (Lipinski definition) is 4. The minimum Gasteiger partial charge on any atom is -0.326 e. The third kappa shape index (κ3) is 6.04. The van der Waals surface area contributed by atoms with E-state index in [4.69, 9.17) is 23.2 Å². The van der Waals surface area contributed by atoms with Gasteiger partial charge in [0.1, 0.15) is 0 Å². The van der Waals surface area contributed by atoms with Crippen LogP contribution in [0.2, 0.25) is 10.0 Å². The standard InChI is InChI=1S/C22H18Cl2N4O3/c1-13(11-20(29)25-15-9-10-17(23)18(24)12-15)27-28-22(31)21(30)26-19-8-4-6-14-5-2-3-7-16(14)19/h2-10,12H,11H2,1H3,(H,25,29)(H,26,30)(H,28,31)/b27-13+. The fourth-order valence-electron chi connectivity index (χ4n) is 2.76. The number of benzene rings is 3. The van der Waals surface area contributed by atoms with Crippen molar-refractivity contribution in [2.75, 3.05) is 10.6 Å². The Morgan fingerprint density at radius 1 is 0.871 bits per heavy atom. The molecule has 3 amide bonds. The molecule has 0 bridgehead atoms. The Kier molecular flexibility index (Phi) is 7.23. The number of nitrogens with one attached hydrogen (secondary N) is 3. The third-order valence-electron chi connectivity index (χ3n) is 4.21. The fourth-order valence-corrected chi connectivity index (χ4v) is 3.06. The molecule has 0 heterocycles. The molecule has 0 aliphatic carbocycles. The molecule has 31 heavy (non-hydrogen) atoms. The smallest absolute Gasteiger partial charge is 0.326 e. The summed E-state index contributed by atoms with van der Waals surface area (Å²) in [5.74, 6) is -2.18. The summed E-state index contributed by atoms with van der Waals surface area (Å²) in [6.07, 6.45) is -0.0918. The van der Waals surface area contributed by atoms with Gasteiger partial charge < -0.3 is 10.6 Å². The van der Waals surface area contributed by atoms with Crippen molar-refractivity contribution in [3.8, 4) is 0 Å². The highest BCUT2D eigenvalue weighted by Gasteiger charge is 2.15. The Bertz CT molecular complexity index is 1190. The molecule has 0 aromatic heterocycles. The van der Waals surface area contributed by atoms with Crippen molar-refractivity contribution >= 4 is 68.8 Å². The van der Waals surface area contributed by atoms with Gasteiger partial charge in [-0.25, -0.2) is 5.43 Å². The lowest BCUT2D eigenvalue weighted by atomic mass is 10.1. The van der Waals surface area contributed by atoms with Crippen LogP contribution in [0.3, 0.4) is 0 Å². The molecular formula is C22H18Cl2N4O3. The summed E-state index contributed by atoms with van der Waals surface area (Å²) >= 11 is 11.8. The molecule has 3 aromatic carbocycles. The Balaban J connectivity index is 1.55. The van der Waals surface area contributed by atoms with Crippen LogP contribution in [0.1, 0.15) is 13.3 Å². The van der Waals surface area contributed by atoms with Crippen molar-refractivity contribution < 1.29 is 14.4 Å². The van der Waals surface area contributed by atoms with Crippen LogP contribution in [-0.4, -0.2) is 23.4 Å². The van der Waals surface area contributed by atoms with E-state index in [1.807, 2.05) is 30.3 Å². The SMILES string of the molecule is C/C(CC(=O)Nc1ccc(Cl)c(Cl)c1)=N\NC(=O)C(=O)Nc1cccc2ccccc12. The van der Waals surface area contributed by atoms with E-state index in [0.29, 0.717) is 27.1 Å². The number of carbonyl (C=O) groups is 3. The molecule has 0 aliphatic heterocycles. The lowest BCUT2D eigenvalue weighted by Crippen LogP contribution is -2.33. The summed E-state index contributed by atoms with van der Waals surface area (Å²) in [5, 5.41) is 11.5. The van der Waals surface area contributed by atoms with Gasteiger partial charge in [0.05, 0.1) is 16.5 Å². The number of nitrogens with zero attached hydrogens (tertiary/aromatic N) is 1. The molecule has 7 nitrogen and oxygen atoms in total. The van der Waals surface area contributed by atoms with Crippen LogP contribution in [0.4, 0.5) is 11.4 Å². The molecule has 3 N–H and O–H groups in total. The molecular weight excluding hydrogens is 439 g/mol. The highest BCUT2D eigenvalue weighted by molar-refractivity contribution is 6.42. The molecule has 9 heteroatoms. The van der Waals surface area contributed by atoms with E-state index in [-0.39, 0.29) is 12.3 Å². The van der Waals surface area contributed by atoms with E-state index in [1.165, 1.54) is 6.07 Å². The Labute approximate surface area is 188 Å². The van der Waals surface area contributed by atoms with Crippen LogP contribution in [0.25, 0.3) is 10.8 Å². The van der Waals surface area contributed by atoms with E-state index in [0.717, 1.165) is 10.8 Å². The first-order valence-corrected chi connectivity index (χ1v) is 9.96. The average molecular weight is 457 g/mol. The van der Waals surface area contributed by atoms with E-state index >= 15 is 0 Å². The van der Waals surface area contributed by atoms with Gasteiger partial charge in [0.15, 0.2) is 0 Å². The van der Waals surface area contributed by atoms with Gasteiger partial charge in [0.25, 0.3) is 0 Å². The molecule has 3 aromatic rings. The molecule has 0 fully saturated rings. The van der Waals surface area contributed by atoms with E-state index in [2.05, 4.69) is 21.2 Å². The molecule has 158 valence electrons. The quantitative estimate of drug-likeness (QED) is 0.297. The van der Waals surface area contributed by atoms with Gasteiger partial charge >= 0.3 is 11.8 Å². The molecule has 0 saturated carbocycles. The summed E-state index contributed by atoms with van der Waals surface area (Å²) in [7, 11) is 0. The van der Waals surface area contributed by atoms with Crippen LogP contribution < -0.4 is 16.1 Å². The molecule has 0 spiro atoms. The first-order chi connectivity index (χ1) is 14.8. The molecule has 0 radical (unpaired) electrons. The lowest BCUT2D eigenvalue weighted by molar-refractivity contribution is -0.136. The summed E-state index contributed by atoms with van der Waals surface area (Å²) in [6, 6.07) is 17.6. The largest absolute Gasteiger partial charge is 0.329 e. The van der Waals surface area contributed by atoms with Gasteiger partial charge in [-0.2, -0.15) is 5.10 Å². The number of rotatable bonds is 5. The molecule has 0 atom stereocenters. The summed E-state index contributed by atoms with van der Waals surface area (Å²) < 4.78 is 0. The van der Waals surface area contributed by atoms with E-state index in [1.54, 1.807) is 31.2 Å². The highest BCUT2D eigenvalue weighted by Crippen LogP contribution is 2.25. The predicted octanol–water partition coefficient (Wildman–Crippen LogP) is 4.61. The zero-order valence-electron chi connectivity index (χ0n) is 16.4. The van der Waals surface area contributed by atoms with Gasteiger partial charge in [-0.15, -0.1) is 0 Å². The third-order valence-corrected chi connectivity index (χ3v) is 4.95. The maximum Gasteiger partial charge on any atom is 0.329 e. The Hall–Kier alpha value is -3.42. The molecule has 0 saturated heterocycles. The summed E-state index contributed by atoms with van der Waals surface area (Å²) in [5.41, 5.74) is 3.46. The van der Waals surface area contributed by atoms with Gasteiger partial charge in [-0.3, -0.25) is 14.4 Å². The minimum atomic E-state index is -0.947. The van der Waals surface area contributed by atoms with Gasteiger partial charge in [-0.05, 0) is 36.6 Å². The van der Waals surface area contributed by atoms with Gasteiger partial charge in [0, 0.05) is 22.5 Å². The number of anilines is 2. The highest BCUT2D eigenvalue weighted by atomic mass is 35.5. The second kappa shape index (κ2) is 10.1. The molecule has 0 unspecified atom stereocenters. The molecule has 3 rings (SSSR count). The van der Waals surface area contributed by atoms with Gasteiger partial charge in [0.2, 0.25) is 5.91 Å². The normalized spacial score (nSPS) is 11.1. The maximum atomic E-state index is 12.2. The van der Waals surface area contributed by atoms with Crippen molar-refractivity contribution in [2.24, 2.45) is 5.10 Å². The zero-order chi connectivity index (χ0) is 22.4. The average Bonchev–Trinajstić information content (AvgIpc) is 2.74. The minimum absolute atomic E-state index is 0.0918. The van der Waals surface area contributed by atoms with Crippen LogP contribution in [0.5, 0.6) is 0 Å². The number of carbonyl (C=O) groups excluding carboxylic acids is 3. The van der Waals surface area contributed by atoms with Crippen LogP contribution >= 0.6 is 23.2 Å². The fraction of sp³-hybridized carbons (Fsp3) is 0.0909.